The Morgan fingerprint density at radius 1 is 0.697 bits per heavy atom. The summed E-state index contributed by atoms with van der Waals surface area (Å²) >= 11 is 0. The van der Waals surface area contributed by atoms with Gasteiger partial charge >= 0.3 is 0 Å². The number of para-hydroxylation sites is 1. The summed E-state index contributed by atoms with van der Waals surface area (Å²) in [4.78, 5) is 25.0. The molecule has 0 saturated carbocycles. The van der Waals surface area contributed by atoms with E-state index in [0.717, 1.165) is 19.3 Å². The highest BCUT2D eigenvalue weighted by atomic mass is 16.2. The predicted molar refractivity (Wildman–Crippen MR) is 139 cm³/mol. The summed E-state index contributed by atoms with van der Waals surface area (Å²) in [6.07, 6.45) is 15.2. The summed E-state index contributed by atoms with van der Waals surface area (Å²) < 4.78 is 0. The van der Waals surface area contributed by atoms with Crippen molar-refractivity contribution in [1.82, 2.24) is 5.32 Å². The van der Waals surface area contributed by atoms with Crippen molar-refractivity contribution in [3.05, 3.63) is 65.7 Å². The van der Waals surface area contributed by atoms with E-state index in [9.17, 15) is 9.59 Å². The van der Waals surface area contributed by atoms with Gasteiger partial charge in [0.2, 0.25) is 5.91 Å². The van der Waals surface area contributed by atoms with E-state index >= 15 is 0 Å². The van der Waals surface area contributed by atoms with Gasteiger partial charge in [0.15, 0.2) is 0 Å². The smallest absolute Gasteiger partial charge is 0.253 e. The average molecular weight is 451 g/mol. The molecule has 2 N–H and O–H groups in total. The number of unbranched alkanes of at least 4 members (excludes halogenated alkanes) is 10. The second-order valence-electron chi connectivity index (χ2n) is 8.87. The van der Waals surface area contributed by atoms with Crippen LogP contribution in [0.4, 0.5) is 5.69 Å². The second-order valence-corrected chi connectivity index (χ2v) is 8.87. The number of nitrogens with one attached hydrogen (secondary N) is 2. The maximum atomic E-state index is 12.6. The van der Waals surface area contributed by atoms with Crippen LogP contribution in [-0.4, -0.2) is 18.4 Å². The highest BCUT2D eigenvalue weighted by Crippen LogP contribution is 2.17. The van der Waals surface area contributed by atoms with Gasteiger partial charge in [0.1, 0.15) is 0 Å². The van der Waals surface area contributed by atoms with Gasteiger partial charge in [0.05, 0.1) is 11.3 Å². The Hall–Kier alpha value is -2.62. The zero-order valence-corrected chi connectivity index (χ0v) is 20.4. The Labute approximate surface area is 200 Å². The monoisotopic (exact) mass is 450 g/mol. The third-order valence-electron chi connectivity index (χ3n) is 6.00. The molecule has 0 atom stereocenters. The summed E-state index contributed by atoms with van der Waals surface area (Å²) in [5.41, 5.74) is 2.28. The molecule has 0 fully saturated rings. The topological polar surface area (TPSA) is 58.2 Å². The van der Waals surface area contributed by atoms with E-state index in [1.807, 2.05) is 30.3 Å². The molecule has 180 valence electrons. The lowest BCUT2D eigenvalue weighted by Crippen LogP contribution is -2.27. The van der Waals surface area contributed by atoms with Crippen LogP contribution in [0.3, 0.4) is 0 Å². The number of rotatable bonds is 17. The number of amides is 2. The quantitative estimate of drug-likeness (QED) is 0.248. The largest absolute Gasteiger partial charge is 0.352 e. The number of hydrogen-bond donors (Lipinski definition) is 2. The van der Waals surface area contributed by atoms with Crippen molar-refractivity contribution in [2.24, 2.45) is 0 Å². The molecule has 4 nitrogen and oxygen atoms in total. The normalized spacial score (nSPS) is 10.7. The molecule has 0 aliphatic carbocycles. The molecule has 0 spiro atoms. The van der Waals surface area contributed by atoms with Crippen molar-refractivity contribution in [3.8, 4) is 0 Å². The SMILES string of the molecule is CCCCCCCCCCCCCC(=O)Nc1ccccc1C(=O)NCCc1ccccc1. The molecular weight excluding hydrogens is 408 g/mol. The third-order valence-corrected chi connectivity index (χ3v) is 6.00. The molecule has 0 unspecified atom stereocenters. The maximum Gasteiger partial charge on any atom is 0.253 e. The van der Waals surface area contributed by atoms with Crippen molar-refractivity contribution in [3.63, 3.8) is 0 Å². The molecular formula is C29H42N2O2. The predicted octanol–water partition coefficient (Wildman–Crippen LogP) is 7.30. The maximum absolute atomic E-state index is 12.6. The van der Waals surface area contributed by atoms with Crippen molar-refractivity contribution >= 4 is 17.5 Å². The number of hydrogen-bond acceptors (Lipinski definition) is 2. The van der Waals surface area contributed by atoms with Crippen LogP contribution in [0, 0.1) is 0 Å². The van der Waals surface area contributed by atoms with Crippen LogP contribution >= 0.6 is 0 Å². The second kappa shape index (κ2) is 16.9. The summed E-state index contributed by atoms with van der Waals surface area (Å²) in [5, 5.41) is 5.90. The van der Waals surface area contributed by atoms with E-state index in [0.29, 0.717) is 24.2 Å². The number of carbonyl (C=O) groups is 2. The molecule has 0 aliphatic rings. The van der Waals surface area contributed by atoms with Gasteiger partial charge < -0.3 is 10.6 Å². The Bertz CT molecular complexity index is 804. The van der Waals surface area contributed by atoms with Gasteiger partial charge in [-0.05, 0) is 30.5 Å². The van der Waals surface area contributed by atoms with Gasteiger partial charge in [-0.2, -0.15) is 0 Å². The van der Waals surface area contributed by atoms with Crippen molar-refractivity contribution < 1.29 is 9.59 Å². The molecule has 0 saturated heterocycles. The molecule has 0 radical (unpaired) electrons. The van der Waals surface area contributed by atoms with E-state index in [4.69, 9.17) is 0 Å². The zero-order valence-electron chi connectivity index (χ0n) is 20.4. The lowest BCUT2D eigenvalue weighted by atomic mass is 10.1. The fourth-order valence-electron chi connectivity index (χ4n) is 4.01. The standard InChI is InChI=1S/C29H42N2O2/c1-2-3-4-5-6-7-8-9-10-11-15-22-28(32)31-27-21-17-16-20-26(27)29(33)30-24-23-25-18-13-12-14-19-25/h12-14,16-21H,2-11,15,22-24H2,1H3,(H,30,33)(H,31,32). The summed E-state index contributed by atoms with van der Waals surface area (Å²) in [6, 6.07) is 17.3. The van der Waals surface area contributed by atoms with E-state index in [2.05, 4.69) is 29.7 Å². The van der Waals surface area contributed by atoms with E-state index in [1.165, 1.54) is 63.4 Å². The molecule has 2 amide bonds. The van der Waals surface area contributed by atoms with Gasteiger partial charge in [-0.25, -0.2) is 0 Å². The molecule has 0 bridgehead atoms. The lowest BCUT2D eigenvalue weighted by molar-refractivity contribution is -0.116. The molecule has 0 heterocycles. The first-order chi connectivity index (χ1) is 16.2. The number of anilines is 1. The van der Waals surface area contributed by atoms with Crippen LogP contribution in [0.15, 0.2) is 54.6 Å². The van der Waals surface area contributed by atoms with Gasteiger partial charge in [0.25, 0.3) is 5.91 Å². The number of carbonyl (C=O) groups excluding carboxylic acids is 2. The van der Waals surface area contributed by atoms with Crippen molar-refractivity contribution in [2.75, 3.05) is 11.9 Å². The van der Waals surface area contributed by atoms with Crippen molar-refractivity contribution in [1.29, 1.82) is 0 Å². The van der Waals surface area contributed by atoms with Crippen LogP contribution in [0.25, 0.3) is 0 Å². The Kier molecular flexibility index (Phi) is 13.7. The summed E-state index contributed by atoms with van der Waals surface area (Å²) in [7, 11) is 0. The first kappa shape index (κ1) is 26.6. The minimum atomic E-state index is -0.156. The van der Waals surface area contributed by atoms with E-state index in [-0.39, 0.29) is 11.8 Å². The van der Waals surface area contributed by atoms with Gasteiger partial charge in [-0.1, -0.05) is 114 Å². The zero-order chi connectivity index (χ0) is 23.6. The van der Waals surface area contributed by atoms with E-state index in [1.54, 1.807) is 12.1 Å². The molecule has 2 rings (SSSR count). The summed E-state index contributed by atoms with van der Waals surface area (Å²) in [5.74, 6) is -0.174. The third kappa shape index (κ3) is 11.7. The van der Waals surface area contributed by atoms with Crippen molar-refractivity contribution in [2.45, 2.75) is 90.4 Å². The van der Waals surface area contributed by atoms with Gasteiger partial charge in [-0.3, -0.25) is 9.59 Å². The highest BCUT2D eigenvalue weighted by Gasteiger charge is 2.12. The van der Waals surface area contributed by atoms with Crippen LogP contribution in [0.2, 0.25) is 0 Å². The lowest BCUT2D eigenvalue weighted by Gasteiger charge is -2.11. The Balaban J connectivity index is 1.61. The Morgan fingerprint density at radius 2 is 1.27 bits per heavy atom. The molecule has 2 aromatic rings. The minimum Gasteiger partial charge on any atom is -0.352 e. The fraction of sp³-hybridized carbons (Fsp3) is 0.517. The van der Waals surface area contributed by atoms with Crippen LogP contribution in [0.5, 0.6) is 0 Å². The van der Waals surface area contributed by atoms with Crippen LogP contribution in [-0.2, 0) is 11.2 Å². The van der Waals surface area contributed by atoms with Gasteiger partial charge in [-0.15, -0.1) is 0 Å². The number of benzene rings is 2. The highest BCUT2D eigenvalue weighted by molar-refractivity contribution is 6.03. The minimum absolute atomic E-state index is 0.0181. The molecule has 4 heteroatoms. The first-order valence-corrected chi connectivity index (χ1v) is 12.9. The van der Waals surface area contributed by atoms with Gasteiger partial charge in [0, 0.05) is 13.0 Å². The molecule has 2 aromatic carbocycles. The van der Waals surface area contributed by atoms with Crippen LogP contribution < -0.4 is 10.6 Å². The summed E-state index contributed by atoms with van der Waals surface area (Å²) in [6.45, 7) is 2.81. The molecule has 0 aromatic heterocycles. The molecule has 33 heavy (non-hydrogen) atoms. The average Bonchev–Trinajstić information content (AvgIpc) is 2.83. The molecule has 0 aliphatic heterocycles. The van der Waals surface area contributed by atoms with E-state index < -0.39 is 0 Å². The fourth-order valence-corrected chi connectivity index (χ4v) is 4.01. The Morgan fingerprint density at radius 3 is 1.94 bits per heavy atom. The van der Waals surface area contributed by atoms with Crippen LogP contribution in [0.1, 0.15) is 99.9 Å². The first-order valence-electron chi connectivity index (χ1n) is 12.9.